The molecule has 4 nitrogen and oxygen atoms in total. The normalized spacial score (nSPS) is 9.27. The SMILES string of the molecule is CCNc1ccc(NO)cn1. The summed E-state index contributed by atoms with van der Waals surface area (Å²) in [6.07, 6.45) is 1.55. The lowest BCUT2D eigenvalue weighted by Crippen LogP contribution is -1.99. The number of rotatable bonds is 3. The van der Waals surface area contributed by atoms with Gasteiger partial charge in [0, 0.05) is 6.54 Å². The number of hydrogen-bond donors (Lipinski definition) is 3. The van der Waals surface area contributed by atoms with Crippen molar-refractivity contribution >= 4 is 11.5 Å². The molecule has 0 aliphatic carbocycles. The maximum atomic E-state index is 8.45. The highest BCUT2D eigenvalue weighted by Gasteiger charge is 1.90. The average molecular weight is 153 g/mol. The van der Waals surface area contributed by atoms with Gasteiger partial charge in [0.2, 0.25) is 0 Å². The highest BCUT2D eigenvalue weighted by molar-refractivity contribution is 5.45. The summed E-state index contributed by atoms with van der Waals surface area (Å²) < 4.78 is 0. The number of pyridine rings is 1. The van der Waals surface area contributed by atoms with Gasteiger partial charge in [-0.05, 0) is 19.1 Å². The Morgan fingerprint density at radius 1 is 1.55 bits per heavy atom. The van der Waals surface area contributed by atoms with Crippen LogP contribution in [0.3, 0.4) is 0 Å². The van der Waals surface area contributed by atoms with E-state index < -0.39 is 0 Å². The fraction of sp³-hybridized carbons (Fsp3) is 0.286. The van der Waals surface area contributed by atoms with Crippen LogP contribution in [-0.4, -0.2) is 16.7 Å². The zero-order chi connectivity index (χ0) is 8.10. The summed E-state index contributed by atoms with van der Waals surface area (Å²) in [5, 5.41) is 11.5. The second kappa shape index (κ2) is 3.78. The fourth-order valence-corrected chi connectivity index (χ4v) is 0.746. The summed E-state index contributed by atoms with van der Waals surface area (Å²) in [4.78, 5) is 4.01. The molecule has 0 fully saturated rings. The van der Waals surface area contributed by atoms with Crippen LogP contribution in [0.1, 0.15) is 6.92 Å². The Kier molecular flexibility index (Phi) is 2.68. The summed E-state index contributed by atoms with van der Waals surface area (Å²) in [6.45, 7) is 2.85. The first-order valence-electron chi connectivity index (χ1n) is 3.47. The fourth-order valence-electron chi connectivity index (χ4n) is 0.746. The first-order valence-corrected chi connectivity index (χ1v) is 3.47. The van der Waals surface area contributed by atoms with Crippen molar-refractivity contribution in [3.8, 4) is 0 Å². The molecular weight excluding hydrogens is 142 g/mol. The number of nitrogens with one attached hydrogen (secondary N) is 2. The predicted octanol–water partition coefficient (Wildman–Crippen LogP) is 1.31. The van der Waals surface area contributed by atoms with Gasteiger partial charge in [0.25, 0.3) is 0 Å². The van der Waals surface area contributed by atoms with Crippen LogP contribution in [0, 0.1) is 0 Å². The number of aromatic nitrogens is 1. The monoisotopic (exact) mass is 153 g/mol. The summed E-state index contributed by atoms with van der Waals surface area (Å²) in [5.74, 6) is 0.812. The molecule has 3 N–H and O–H groups in total. The summed E-state index contributed by atoms with van der Waals surface area (Å²) >= 11 is 0. The molecule has 1 rings (SSSR count). The molecule has 0 aliphatic heterocycles. The second-order valence-corrected chi connectivity index (χ2v) is 2.07. The van der Waals surface area contributed by atoms with Crippen molar-refractivity contribution in [1.29, 1.82) is 0 Å². The van der Waals surface area contributed by atoms with Crippen LogP contribution >= 0.6 is 0 Å². The lowest BCUT2D eigenvalue weighted by Gasteiger charge is -2.01. The van der Waals surface area contributed by atoms with Gasteiger partial charge >= 0.3 is 0 Å². The van der Waals surface area contributed by atoms with Crippen molar-refractivity contribution in [3.63, 3.8) is 0 Å². The molecule has 0 unspecified atom stereocenters. The Hall–Kier alpha value is -1.29. The topological polar surface area (TPSA) is 57.2 Å². The highest BCUT2D eigenvalue weighted by atomic mass is 16.5. The molecule has 0 radical (unpaired) electrons. The molecule has 11 heavy (non-hydrogen) atoms. The Balaban J connectivity index is 2.66. The molecule has 0 atom stereocenters. The third-order valence-corrected chi connectivity index (χ3v) is 1.25. The molecule has 0 saturated heterocycles. The van der Waals surface area contributed by atoms with Gasteiger partial charge < -0.3 is 5.32 Å². The standard InChI is InChI=1S/C7H11N3O/c1-2-8-7-4-3-6(10-11)5-9-7/h3-5,10-11H,2H2,1H3,(H,8,9). The van der Waals surface area contributed by atoms with Crippen molar-refractivity contribution in [2.24, 2.45) is 0 Å². The smallest absolute Gasteiger partial charge is 0.126 e. The molecule has 4 heteroatoms. The molecule has 1 aromatic heterocycles. The molecule has 0 saturated carbocycles. The van der Waals surface area contributed by atoms with E-state index in [9.17, 15) is 0 Å². The van der Waals surface area contributed by atoms with Gasteiger partial charge in [-0.15, -0.1) is 0 Å². The minimum atomic E-state index is 0.589. The van der Waals surface area contributed by atoms with Crippen molar-refractivity contribution in [2.75, 3.05) is 17.3 Å². The van der Waals surface area contributed by atoms with Crippen LogP contribution in [0.2, 0.25) is 0 Å². The molecule has 0 aromatic carbocycles. The van der Waals surface area contributed by atoms with Gasteiger partial charge in [0.15, 0.2) is 0 Å². The van der Waals surface area contributed by atoms with Gasteiger partial charge in [-0.1, -0.05) is 0 Å². The lowest BCUT2D eigenvalue weighted by molar-refractivity contribution is 0.388. The van der Waals surface area contributed by atoms with Crippen LogP contribution < -0.4 is 10.8 Å². The molecule has 1 aromatic rings. The third-order valence-electron chi connectivity index (χ3n) is 1.25. The van der Waals surface area contributed by atoms with Crippen molar-refractivity contribution in [2.45, 2.75) is 6.92 Å². The first kappa shape index (κ1) is 7.81. The zero-order valence-corrected chi connectivity index (χ0v) is 6.33. The van der Waals surface area contributed by atoms with Crippen molar-refractivity contribution in [3.05, 3.63) is 18.3 Å². The minimum Gasteiger partial charge on any atom is -0.370 e. The van der Waals surface area contributed by atoms with Crippen LogP contribution in [0.25, 0.3) is 0 Å². The average Bonchev–Trinajstić information content (AvgIpc) is 2.07. The van der Waals surface area contributed by atoms with E-state index in [1.165, 1.54) is 0 Å². The highest BCUT2D eigenvalue weighted by Crippen LogP contribution is 2.07. The molecular formula is C7H11N3O. The molecule has 60 valence electrons. The summed E-state index contributed by atoms with van der Waals surface area (Å²) in [6, 6.07) is 3.53. The maximum Gasteiger partial charge on any atom is 0.126 e. The first-order chi connectivity index (χ1) is 5.36. The minimum absolute atomic E-state index is 0.589. The molecule has 0 spiro atoms. The lowest BCUT2D eigenvalue weighted by atomic mass is 10.4. The van der Waals surface area contributed by atoms with Gasteiger partial charge in [-0.3, -0.25) is 10.7 Å². The van der Waals surface area contributed by atoms with E-state index in [1.807, 2.05) is 12.4 Å². The zero-order valence-electron chi connectivity index (χ0n) is 6.33. The number of anilines is 2. The largest absolute Gasteiger partial charge is 0.370 e. The van der Waals surface area contributed by atoms with E-state index in [0.29, 0.717) is 5.69 Å². The van der Waals surface area contributed by atoms with Crippen molar-refractivity contribution < 1.29 is 5.21 Å². The van der Waals surface area contributed by atoms with Crippen LogP contribution in [0.5, 0.6) is 0 Å². The maximum absolute atomic E-state index is 8.45. The molecule has 0 bridgehead atoms. The Bertz CT molecular complexity index is 209. The van der Waals surface area contributed by atoms with E-state index >= 15 is 0 Å². The number of hydrogen-bond acceptors (Lipinski definition) is 4. The number of nitrogens with zero attached hydrogens (tertiary/aromatic N) is 1. The Morgan fingerprint density at radius 2 is 2.36 bits per heavy atom. The van der Waals surface area contributed by atoms with Crippen LogP contribution in [0.4, 0.5) is 11.5 Å². The van der Waals surface area contributed by atoms with E-state index in [1.54, 1.807) is 18.3 Å². The van der Waals surface area contributed by atoms with E-state index in [0.717, 1.165) is 12.4 Å². The molecule has 1 heterocycles. The second-order valence-electron chi connectivity index (χ2n) is 2.07. The van der Waals surface area contributed by atoms with E-state index in [4.69, 9.17) is 5.21 Å². The van der Waals surface area contributed by atoms with E-state index in [-0.39, 0.29) is 0 Å². The van der Waals surface area contributed by atoms with Gasteiger partial charge in [0.05, 0.1) is 11.9 Å². The van der Waals surface area contributed by atoms with Gasteiger partial charge in [-0.2, -0.15) is 0 Å². The summed E-state index contributed by atoms with van der Waals surface area (Å²) in [7, 11) is 0. The molecule has 0 amide bonds. The third kappa shape index (κ3) is 2.09. The van der Waals surface area contributed by atoms with E-state index in [2.05, 4.69) is 10.3 Å². The van der Waals surface area contributed by atoms with Gasteiger partial charge in [-0.25, -0.2) is 4.98 Å². The Morgan fingerprint density at radius 3 is 2.82 bits per heavy atom. The summed E-state index contributed by atoms with van der Waals surface area (Å²) in [5.41, 5.74) is 2.60. The predicted molar refractivity (Wildman–Crippen MR) is 43.8 cm³/mol. The van der Waals surface area contributed by atoms with Crippen LogP contribution in [-0.2, 0) is 0 Å². The van der Waals surface area contributed by atoms with Gasteiger partial charge in [0.1, 0.15) is 5.82 Å². The molecule has 0 aliphatic rings. The quantitative estimate of drug-likeness (QED) is 0.573. The van der Waals surface area contributed by atoms with Crippen molar-refractivity contribution in [1.82, 2.24) is 4.98 Å². The Labute approximate surface area is 65.2 Å². The van der Waals surface area contributed by atoms with Crippen LogP contribution in [0.15, 0.2) is 18.3 Å².